The first-order valence-corrected chi connectivity index (χ1v) is 16.7. The number of para-hydroxylation sites is 1. The van der Waals surface area contributed by atoms with Gasteiger partial charge in [0, 0.05) is 46.2 Å². The van der Waals surface area contributed by atoms with Gasteiger partial charge in [-0.2, -0.15) is 0 Å². The zero-order chi connectivity index (χ0) is 33.3. The lowest BCUT2D eigenvalue weighted by molar-refractivity contribution is 1.18. The van der Waals surface area contributed by atoms with E-state index in [9.17, 15) is 0 Å². The van der Waals surface area contributed by atoms with E-state index in [1.54, 1.807) is 6.20 Å². The number of aromatic nitrogens is 4. The number of nitrogens with zero attached hydrogens (tertiary/aromatic N) is 4. The fourth-order valence-electron chi connectivity index (χ4n) is 6.58. The quantitative estimate of drug-likeness (QED) is 0.182. The first-order chi connectivity index (χ1) is 24.7. The highest BCUT2D eigenvalue weighted by Crippen LogP contribution is 2.33. The molecular formula is C46H30N4. The lowest BCUT2D eigenvalue weighted by atomic mass is 9.99. The van der Waals surface area contributed by atoms with Crippen molar-refractivity contribution in [2.75, 3.05) is 0 Å². The van der Waals surface area contributed by atoms with E-state index in [-0.39, 0.29) is 0 Å². The first kappa shape index (κ1) is 29.4. The van der Waals surface area contributed by atoms with Gasteiger partial charge in [-0.1, -0.05) is 140 Å². The molecule has 0 saturated heterocycles. The van der Waals surface area contributed by atoms with Gasteiger partial charge in [0.15, 0.2) is 5.82 Å². The molecule has 3 aromatic heterocycles. The number of benzene rings is 6. The van der Waals surface area contributed by atoms with Crippen molar-refractivity contribution in [1.29, 1.82) is 0 Å². The van der Waals surface area contributed by atoms with Crippen molar-refractivity contribution in [1.82, 2.24) is 19.9 Å². The third-order valence-electron chi connectivity index (χ3n) is 9.25. The van der Waals surface area contributed by atoms with Crippen LogP contribution in [0.15, 0.2) is 182 Å². The maximum absolute atomic E-state index is 5.13. The minimum Gasteiger partial charge on any atom is -0.264 e. The molecule has 9 aromatic rings. The maximum atomic E-state index is 5.13. The van der Waals surface area contributed by atoms with Crippen LogP contribution < -0.4 is 0 Å². The third kappa shape index (κ3) is 5.69. The van der Waals surface area contributed by atoms with Gasteiger partial charge in [0.1, 0.15) is 0 Å². The molecule has 0 amide bonds. The SMILES string of the molecule is c1cncc(-c2ccc(-c3cc(-c4ccc(-c5cccc6cccnc56)cc4)nc(-c4ccc(-c5ccc6ccccc6c5)cc4)n3)cc2)c1. The Kier molecular flexibility index (Phi) is 7.45. The van der Waals surface area contributed by atoms with Crippen molar-refractivity contribution < 1.29 is 0 Å². The summed E-state index contributed by atoms with van der Waals surface area (Å²) in [5.41, 5.74) is 12.5. The van der Waals surface area contributed by atoms with Gasteiger partial charge in [0.2, 0.25) is 0 Å². The Morgan fingerprint density at radius 3 is 1.64 bits per heavy atom. The summed E-state index contributed by atoms with van der Waals surface area (Å²) < 4.78 is 0. The van der Waals surface area contributed by atoms with E-state index < -0.39 is 0 Å². The number of pyridine rings is 2. The highest BCUT2D eigenvalue weighted by molar-refractivity contribution is 5.94. The molecule has 0 saturated carbocycles. The van der Waals surface area contributed by atoms with Crippen LogP contribution in [0, 0.1) is 0 Å². The monoisotopic (exact) mass is 638 g/mol. The molecule has 9 rings (SSSR count). The molecule has 0 atom stereocenters. The summed E-state index contributed by atoms with van der Waals surface area (Å²) in [5.74, 6) is 0.682. The average molecular weight is 639 g/mol. The highest BCUT2D eigenvalue weighted by Gasteiger charge is 2.13. The van der Waals surface area contributed by atoms with Crippen LogP contribution in [-0.2, 0) is 0 Å². The zero-order valence-electron chi connectivity index (χ0n) is 27.1. The molecule has 234 valence electrons. The molecule has 50 heavy (non-hydrogen) atoms. The van der Waals surface area contributed by atoms with E-state index in [0.717, 1.165) is 66.8 Å². The van der Waals surface area contributed by atoms with Crippen molar-refractivity contribution in [3.63, 3.8) is 0 Å². The van der Waals surface area contributed by atoms with Gasteiger partial charge in [-0.3, -0.25) is 9.97 Å². The molecule has 0 aliphatic heterocycles. The van der Waals surface area contributed by atoms with Gasteiger partial charge in [0.05, 0.1) is 16.9 Å². The van der Waals surface area contributed by atoms with Crippen LogP contribution in [0.5, 0.6) is 0 Å². The lowest BCUT2D eigenvalue weighted by Gasteiger charge is -2.12. The van der Waals surface area contributed by atoms with Crippen molar-refractivity contribution in [2.24, 2.45) is 0 Å². The van der Waals surface area contributed by atoms with Crippen LogP contribution in [0.3, 0.4) is 0 Å². The highest BCUT2D eigenvalue weighted by atomic mass is 14.9. The minimum absolute atomic E-state index is 0.682. The molecule has 3 heterocycles. The Bertz CT molecular complexity index is 2610. The Balaban J connectivity index is 1.10. The standard InChI is InChI=1S/C46H30N4/c1-2-7-39-28-40(25-16-31(39)6-1)32-14-23-38(24-15-32)46-49-43(35-19-12-33(13-20-35)41-10-4-26-47-30-41)29-44(50-46)36-21-17-34(18-22-36)42-11-3-8-37-9-5-27-48-45(37)42/h1-30H. The molecule has 0 aliphatic rings. The van der Waals surface area contributed by atoms with E-state index in [2.05, 4.69) is 162 Å². The predicted octanol–water partition coefficient (Wildman–Crippen LogP) is 11.6. The summed E-state index contributed by atoms with van der Waals surface area (Å²) in [6.07, 6.45) is 5.53. The van der Waals surface area contributed by atoms with Gasteiger partial charge in [-0.15, -0.1) is 0 Å². The van der Waals surface area contributed by atoms with Gasteiger partial charge in [-0.25, -0.2) is 9.97 Å². The van der Waals surface area contributed by atoms with Crippen molar-refractivity contribution in [3.8, 4) is 67.3 Å². The predicted molar refractivity (Wildman–Crippen MR) is 205 cm³/mol. The fraction of sp³-hybridized carbons (Fsp3) is 0. The van der Waals surface area contributed by atoms with Crippen LogP contribution in [0.4, 0.5) is 0 Å². The van der Waals surface area contributed by atoms with E-state index in [1.165, 1.54) is 16.3 Å². The molecule has 0 fully saturated rings. The number of rotatable bonds is 6. The Morgan fingerprint density at radius 1 is 0.340 bits per heavy atom. The molecule has 4 heteroatoms. The minimum atomic E-state index is 0.682. The summed E-state index contributed by atoms with van der Waals surface area (Å²) in [7, 11) is 0. The molecule has 0 aliphatic carbocycles. The summed E-state index contributed by atoms with van der Waals surface area (Å²) in [6.45, 7) is 0. The third-order valence-corrected chi connectivity index (χ3v) is 9.25. The first-order valence-electron chi connectivity index (χ1n) is 16.7. The molecule has 0 unspecified atom stereocenters. The lowest BCUT2D eigenvalue weighted by Crippen LogP contribution is -1.96. The van der Waals surface area contributed by atoms with Gasteiger partial charge < -0.3 is 0 Å². The van der Waals surface area contributed by atoms with Crippen LogP contribution in [0.2, 0.25) is 0 Å². The van der Waals surface area contributed by atoms with Crippen LogP contribution >= 0.6 is 0 Å². The number of hydrogen-bond donors (Lipinski definition) is 0. The second-order valence-corrected chi connectivity index (χ2v) is 12.4. The Morgan fingerprint density at radius 2 is 0.920 bits per heavy atom. The summed E-state index contributed by atoms with van der Waals surface area (Å²) in [6, 6.07) is 57.2. The second-order valence-electron chi connectivity index (χ2n) is 12.4. The van der Waals surface area contributed by atoms with E-state index >= 15 is 0 Å². The molecule has 6 aromatic carbocycles. The molecular weight excluding hydrogens is 609 g/mol. The van der Waals surface area contributed by atoms with Crippen LogP contribution in [0.1, 0.15) is 0 Å². The molecule has 0 spiro atoms. The second kappa shape index (κ2) is 12.7. The smallest absolute Gasteiger partial charge is 0.160 e. The molecule has 0 N–H and O–H groups in total. The number of fused-ring (bicyclic) bond motifs is 2. The largest absolute Gasteiger partial charge is 0.264 e. The fourth-order valence-corrected chi connectivity index (χ4v) is 6.58. The zero-order valence-corrected chi connectivity index (χ0v) is 27.1. The summed E-state index contributed by atoms with van der Waals surface area (Å²) in [4.78, 5) is 19.2. The van der Waals surface area contributed by atoms with Crippen molar-refractivity contribution in [3.05, 3.63) is 182 Å². The topological polar surface area (TPSA) is 51.6 Å². The van der Waals surface area contributed by atoms with Crippen LogP contribution in [-0.4, -0.2) is 19.9 Å². The molecule has 0 bridgehead atoms. The summed E-state index contributed by atoms with van der Waals surface area (Å²) >= 11 is 0. The Hall–Kier alpha value is -6.78. The van der Waals surface area contributed by atoms with Crippen molar-refractivity contribution >= 4 is 21.7 Å². The number of hydrogen-bond acceptors (Lipinski definition) is 4. The van der Waals surface area contributed by atoms with Gasteiger partial charge in [0.25, 0.3) is 0 Å². The average Bonchev–Trinajstić information content (AvgIpc) is 3.21. The normalized spacial score (nSPS) is 11.2. The van der Waals surface area contributed by atoms with Crippen molar-refractivity contribution in [2.45, 2.75) is 0 Å². The van der Waals surface area contributed by atoms with Gasteiger partial charge >= 0.3 is 0 Å². The van der Waals surface area contributed by atoms with E-state index in [0.29, 0.717) is 5.82 Å². The molecule has 4 nitrogen and oxygen atoms in total. The van der Waals surface area contributed by atoms with Gasteiger partial charge in [-0.05, 0) is 62.9 Å². The molecule has 0 radical (unpaired) electrons. The maximum Gasteiger partial charge on any atom is 0.160 e. The van der Waals surface area contributed by atoms with Crippen LogP contribution in [0.25, 0.3) is 89.0 Å². The van der Waals surface area contributed by atoms with E-state index in [4.69, 9.17) is 9.97 Å². The summed E-state index contributed by atoms with van der Waals surface area (Å²) in [5, 5.41) is 3.59. The van der Waals surface area contributed by atoms with E-state index in [1.807, 2.05) is 24.5 Å². The Labute approximate surface area is 290 Å².